The number of anilines is 1. The molecule has 3 N–H and O–H groups in total. The van der Waals surface area contributed by atoms with Crippen LogP contribution in [0.2, 0.25) is 0 Å². The third-order valence-electron chi connectivity index (χ3n) is 4.65. The minimum absolute atomic E-state index is 0.0140. The van der Waals surface area contributed by atoms with Crippen LogP contribution in [-0.2, 0) is 9.59 Å². The van der Waals surface area contributed by atoms with Crippen LogP contribution in [0.25, 0.3) is 0 Å². The third kappa shape index (κ3) is 3.91. The van der Waals surface area contributed by atoms with Crippen LogP contribution in [0, 0.1) is 5.92 Å². The highest BCUT2D eigenvalue weighted by molar-refractivity contribution is 5.96. The molecular weight excluding hydrogens is 308 g/mol. The number of amides is 4. The number of carbonyl (C=O) groups is 3. The molecule has 7 heteroatoms. The van der Waals surface area contributed by atoms with Crippen molar-refractivity contribution in [1.29, 1.82) is 0 Å². The molecule has 0 unspecified atom stereocenters. The van der Waals surface area contributed by atoms with Crippen molar-refractivity contribution in [3.63, 3.8) is 0 Å². The quantitative estimate of drug-likeness (QED) is 0.716. The highest BCUT2D eigenvalue weighted by atomic mass is 16.2. The number of hydrogen-bond donors (Lipinski definition) is 3. The van der Waals surface area contributed by atoms with Gasteiger partial charge in [0.05, 0.1) is 13.1 Å². The molecular formula is C17H23N4O3+. The zero-order valence-electron chi connectivity index (χ0n) is 13.6. The number of likely N-dealkylation sites (tertiary alicyclic amines) is 1. The van der Waals surface area contributed by atoms with E-state index in [0.29, 0.717) is 19.6 Å². The second kappa shape index (κ2) is 7.44. The highest BCUT2D eigenvalue weighted by Crippen LogP contribution is 2.14. The molecule has 7 nitrogen and oxygen atoms in total. The van der Waals surface area contributed by atoms with Crippen LogP contribution < -0.4 is 15.5 Å². The molecule has 2 heterocycles. The molecule has 0 aromatic heterocycles. The second-order valence-electron chi connectivity index (χ2n) is 6.34. The Kier molecular flexibility index (Phi) is 5.10. The lowest BCUT2D eigenvalue weighted by molar-refractivity contribution is -0.913. The van der Waals surface area contributed by atoms with Gasteiger partial charge in [0.1, 0.15) is 0 Å². The lowest BCUT2D eigenvalue weighted by Gasteiger charge is -2.33. The summed E-state index contributed by atoms with van der Waals surface area (Å²) in [5.74, 6) is -0.0814. The van der Waals surface area contributed by atoms with E-state index in [1.807, 2.05) is 30.3 Å². The molecule has 24 heavy (non-hydrogen) atoms. The summed E-state index contributed by atoms with van der Waals surface area (Å²) in [6, 6.07) is 9.14. The summed E-state index contributed by atoms with van der Waals surface area (Å²) in [6.07, 6.45) is 1.89. The molecule has 0 spiro atoms. The van der Waals surface area contributed by atoms with Crippen LogP contribution in [0.15, 0.2) is 30.3 Å². The molecule has 0 atom stereocenters. The number of nitrogens with zero attached hydrogens (tertiary/aromatic N) is 1. The number of para-hydroxylation sites is 1. The predicted octanol–water partition coefficient (Wildman–Crippen LogP) is -0.181. The fourth-order valence-electron chi connectivity index (χ4n) is 3.22. The first-order valence-corrected chi connectivity index (χ1v) is 8.41. The SMILES string of the molecule is O=C(Nc1ccccc1)C1CC[NH+](CN2C(=O)CCNC2=O)CC1. The van der Waals surface area contributed by atoms with E-state index >= 15 is 0 Å². The molecule has 1 aromatic rings. The van der Waals surface area contributed by atoms with Gasteiger partial charge in [0.15, 0.2) is 6.67 Å². The summed E-state index contributed by atoms with van der Waals surface area (Å²) in [7, 11) is 0. The molecule has 2 aliphatic rings. The van der Waals surface area contributed by atoms with Crippen molar-refractivity contribution in [2.24, 2.45) is 5.92 Å². The number of imide groups is 1. The molecule has 1 aromatic carbocycles. The number of quaternary nitrogens is 1. The van der Waals surface area contributed by atoms with E-state index < -0.39 is 0 Å². The van der Waals surface area contributed by atoms with E-state index in [1.54, 1.807) is 0 Å². The Hall–Kier alpha value is -2.41. The topological polar surface area (TPSA) is 82.9 Å². The first-order chi connectivity index (χ1) is 11.6. The van der Waals surface area contributed by atoms with Crippen LogP contribution >= 0.6 is 0 Å². The summed E-state index contributed by atoms with van der Waals surface area (Å²) in [6.45, 7) is 2.37. The number of nitrogens with one attached hydrogen (secondary N) is 3. The molecule has 2 aliphatic heterocycles. The van der Waals surface area contributed by atoms with Gasteiger partial charge in [0, 0.05) is 37.4 Å². The van der Waals surface area contributed by atoms with E-state index in [1.165, 1.54) is 9.80 Å². The number of piperidine rings is 1. The second-order valence-corrected chi connectivity index (χ2v) is 6.34. The van der Waals surface area contributed by atoms with Crippen LogP contribution in [0.3, 0.4) is 0 Å². The van der Waals surface area contributed by atoms with Crippen LogP contribution in [-0.4, -0.2) is 49.0 Å². The van der Waals surface area contributed by atoms with E-state index in [0.717, 1.165) is 31.6 Å². The Labute approximate surface area is 141 Å². The molecule has 0 saturated carbocycles. The average molecular weight is 331 g/mol. The maximum absolute atomic E-state index is 12.3. The maximum Gasteiger partial charge on any atom is 0.328 e. The summed E-state index contributed by atoms with van der Waals surface area (Å²) in [5, 5.41) is 5.64. The predicted molar refractivity (Wildman–Crippen MR) is 88.2 cm³/mol. The summed E-state index contributed by atoms with van der Waals surface area (Å²) in [5.41, 5.74) is 0.813. The summed E-state index contributed by atoms with van der Waals surface area (Å²) in [4.78, 5) is 38.4. The number of hydrogen-bond acceptors (Lipinski definition) is 3. The smallest absolute Gasteiger partial charge is 0.328 e. The highest BCUT2D eigenvalue weighted by Gasteiger charge is 2.33. The van der Waals surface area contributed by atoms with Gasteiger partial charge < -0.3 is 15.5 Å². The Morgan fingerprint density at radius 3 is 2.58 bits per heavy atom. The number of benzene rings is 1. The Morgan fingerprint density at radius 1 is 1.21 bits per heavy atom. The number of rotatable bonds is 4. The number of urea groups is 1. The molecule has 0 radical (unpaired) electrons. The van der Waals surface area contributed by atoms with Gasteiger partial charge in [-0.2, -0.15) is 0 Å². The lowest BCUT2D eigenvalue weighted by atomic mass is 9.96. The maximum atomic E-state index is 12.3. The van der Waals surface area contributed by atoms with Gasteiger partial charge in [-0.25, -0.2) is 9.69 Å². The average Bonchev–Trinajstić information content (AvgIpc) is 2.60. The standard InChI is InChI=1S/C17H22N4O3/c22-15-6-9-18-17(24)21(15)12-20-10-7-13(8-11-20)16(23)19-14-4-2-1-3-5-14/h1-5,13H,6-12H2,(H,18,24)(H,19,23)/p+1. The summed E-state index contributed by atoms with van der Waals surface area (Å²) >= 11 is 0. The third-order valence-corrected chi connectivity index (χ3v) is 4.65. The van der Waals surface area contributed by atoms with Crippen LogP contribution in [0.1, 0.15) is 19.3 Å². The van der Waals surface area contributed by atoms with Gasteiger partial charge in [-0.15, -0.1) is 0 Å². The Balaban J connectivity index is 1.48. The zero-order chi connectivity index (χ0) is 16.9. The van der Waals surface area contributed by atoms with E-state index in [2.05, 4.69) is 10.6 Å². The van der Waals surface area contributed by atoms with Crippen molar-refractivity contribution in [1.82, 2.24) is 10.2 Å². The minimum Gasteiger partial charge on any atom is -0.337 e. The Morgan fingerprint density at radius 2 is 1.92 bits per heavy atom. The summed E-state index contributed by atoms with van der Waals surface area (Å²) < 4.78 is 0. The fourth-order valence-corrected chi connectivity index (χ4v) is 3.22. The van der Waals surface area contributed by atoms with Crippen molar-refractivity contribution in [3.8, 4) is 0 Å². The number of carbonyl (C=O) groups excluding carboxylic acids is 3. The van der Waals surface area contributed by atoms with Gasteiger partial charge in [0.25, 0.3) is 0 Å². The molecule has 2 saturated heterocycles. The molecule has 4 amide bonds. The molecule has 3 rings (SSSR count). The minimum atomic E-state index is -0.303. The lowest BCUT2D eigenvalue weighted by Crippen LogP contribution is -3.15. The van der Waals surface area contributed by atoms with Crippen molar-refractivity contribution in [2.45, 2.75) is 19.3 Å². The van der Waals surface area contributed by atoms with Gasteiger partial charge in [0.2, 0.25) is 11.8 Å². The van der Waals surface area contributed by atoms with Gasteiger partial charge >= 0.3 is 6.03 Å². The van der Waals surface area contributed by atoms with Crippen molar-refractivity contribution in [2.75, 3.05) is 31.6 Å². The van der Waals surface area contributed by atoms with Gasteiger partial charge in [-0.3, -0.25) is 9.59 Å². The van der Waals surface area contributed by atoms with E-state index in [9.17, 15) is 14.4 Å². The monoisotopic (exact) mass is 331 g/mol. The first kappa shape index (κ1) is 16.4. The van der Waals surface area contributed by atoms with Gasteiger partial charge in [-0.05, 0) is 12.1 Å². The Bertz CT molecular complexity index is 596. The van der Waals surface area contributed by atoms with E-state index in [-0.39, 0.29) is 23.8 Å². The van der Waals surface area contributed by atoms with Gasteiger partial charge in [-0.1, -0.05) is 18.2 Å². The van der Waals surface area contributed by atoms with Crippen molar-refractivity contribution >= 4 is 23.5 Å². The molecule has 0 bridgehead atoms. The largest absolute Gasteiger partial charge is 0.337 e. The molecule has 2 fully saturated rings. The fraction of sp³-hybridized carbons (Fsp3) is 0.471. The molecule has 128 valence electrons. The van der Waals surface area contributed by atoms with Crippen LogP contribution in [0.5, 0.6) is 0 Å². The van der Waals surface area contributed by atoms with E-state index in [4.69, 9.17) is 0 Å². The zero-order valence-corrected chi connectivity index (χ0v) is 13.6. The van der Waals surface area contributed by atoms with Crippen molar-refractivity contribution < 1.29 is 19.3 Å². The van der Waals surface area contributed by atoms with Crippen molar-refractivity contribution in [3.05, 3.63) is 30.3 Å². The normalized spacial score (nSPS) is 24.4. The first-order valence-electron chi connectivity index (χ1n) is 8.41. The van der Waals surface area contributed by atoms with Crippen LogP contribution in [0.4, 0.5) is 10.5 Å². The molecule has 0 aliphatic carbocycles.